The van der Waals surface area contributed by atoms with Crippen LogP contribution in [0, 0.1) is 0 Å². The molecule has 9 nitrogen and oxygen atoms in total. The molecule has 0 aromatic carbocycles. The largest absolute Gasteiger partial charge is 0.394 e. The minimum absolute atomic E-state index is 0.0578. The summed E-state index contributed by atoms with van der Waals surface area (Å²) in [4.78, 5) is 20.0. The Kier molecular flexibility index (Phi) is 3.01. The van der Waals surface area contributed by atoms with Crippen LogP contribution in [0.5, 0.6) is 0 Å². The molecule has 0 amide bonds. The fraction of sp³-hybridized carbons (Fsp3) is 0.600. The molecular formula is C10H15N5O4. The monoisotopic (exact) mass is 269 g/mol. The van der Waals surface area contributed by atoms with Gasteiger partial charge in [0.1, 0.15) is 11.8 Å². The lowest BCUT2D eigenvalue weighted by Gasteiger charge is -2.34. The summed E-state index contributed by atoms with van der Waals surface area (Å²) in [5.74, 6) is 0.514. The van der Waals surface area contributed by atoms with E-state index >= 15 is 0 Å². The number of ether oxygens (including phenoxy) is 2. The van der Waals surface area contributed by atoms with E-state index in [0.29, 0.717) is 31.4 Å². The molecule has 2 atom stereocenters. The quantitative estimate of drug-likeness (QED) is 0.499. The molecule has 5 N–H and O–H groups in total. The number of nitrogens with two attached hydrogens (primary N) is 1. The number of aromatic amines is 1. The van der Waals surface area contributed by atoms with Gasteiger partial charge in [-0.15, -0.1) is 0 Å². The molecule has 0 spiro atoms. The van der Waals surface area contributed by atoms with Gasteiger partial charge in [-0.05, 0) is 0 Å². The van der Waals surface area contributed by atoms with Crippen molar-refractivity contribution < 1.29 is 14.6 Å². The molecule has 2 aliphatic heterocycles. The summed E-state index contributed by atoms with van der Waals surface area (Å²) in [6.07, 6.45) is -0.659. The maximum absolute atomic E-state index is 11.7. The number of nitrogen functional groups attached to an aromatic ring is 1. The average molecular weight is 269 g/mol. The van der Waals surface area contributed by atoms with Gasteiger partial charge in [0.15, 0.2) is 12.0 Å². The summed E-state index contributed by atoms with van der Waals surface area (Å²) >= 11 is 0. The van der Waals surface area contributed by atoms with Crippen molar-refractivity contribution in [1.29, 1.82) is 0 Å². The Balaban J connectivity index is 1.81. The van der Waals surface area contributed by atoms with Crippen LogP contribution >= 0.6 is 0 Å². The van der Waals surface area contributed by atoms with Gasteiger partial charge in [0.05, 0.1) is 26.5 Å². The molecule has 0 bridgehead atoms. The Morgan fingerprint density at radius 2 is 2.32 bits per heavy atom. The highest BCUT2D eigenvalue weighted by Crippen LogP contribution is 2.28. The van der Waals surface area contributed by atoms with Gasteiger partial charge in [-0.1, -0.05) is 0 Å². The van der Waals surface area contributed by atoms with Crippen molar-refractivity contribution in [2.45, 2.75) is 12.3 Å². The number of aromatic nitrogens is 2. The second kappa shape index (κ2) is 4.68. The van der Waals surface area contributed by atoms with Gasteiger partial charge in [0, 0.05) is 0 Å². The lowest BCUT2D eigenvalue weighted by atomic mass is 10.3. The van der Waals surface area contributed by atoms with Gasteiger partial charge in [-0.2, -0.15) is 4.98 Å². The number of nitrogens with one attached hydrogen (secondary N) is 2. The number of hydrogen-bond donors (Lipinski definition) is 4. The fourth-order valence-electron chi connectivity index (χ4n) is 2.14. The first-order valence-corrected chi connectivity index (χ1v) is 5.93. The van der Waals surface area contributed by atoms with Gasteiger partial charge in [-0.3, -0.25) is 9.78 Å². The van der Waals surface area contributed by atoms with Crippen molar-refractivity contribution in [3.8, 4) is 0 Å². The van der Waals surface area contributed by atoms with Gasteiger partial charge in [0.2, 0.25) is 5.95 Å². The first-order chi connectivity index (χ1) is 9.19. The van der Waals surface area contributed by atoms with Crippen molar-refractivity contribution in [1.82, 2.24) is 9.97 Å². The van der Waals surface area contributed by atoms with E-state index in [2.05, 4.69) is 15.3 Å². The number of fused-ring (bicyclic) bond motifs is 1. The minimum Gasteiger partial charge on any atom is -0.394 e. The van der Waals surface area contributed by atoms with Crippen molar-refractivity contribution >= 4 is 17.5 Å². The van der Waals surface area contributed by atoms with E-state index in [-0.39, 0.29) is 30.4 Å². The summed E-state index contributed by atoms with van der Waals surface area (Å²) in [5, 5.41) is 11.9. The van der Waals surface area contributed by atoms with Gasteiger partial charge in [-0.25, -0.2) is 0 Å². The summed E-state index contributed by atoms with van der Waals surface area (Å²) < 4.78 is 11.0. The Bertz CT molecular complexity index is 525. The van der Waals surface area contributed by atoms with Crippen molar-refractivity contribution in [2.24, 2.45) is 0 Å². The van der Waals surface area contributed by atoms with Gasteiger partial charge >= 0.3 is 0 Å². The predicted octanol–water partition coefficient (Wildman–Crippen LogP) is -1.72. The molecule has 3 heterocycles. The third-order valence-electron chi connectivity index (χ3n) is 3.12. The second-order valence-corrected chi connectivity index (χ2v) is 4.38. The van der Waals surface area contributed by atoms with Crippen LogP contribution in [0.25, 0.3) is 0 Å². The van der Waals surface area contributed by atoms with E-state index in [4.69, 9.17) is 20.3 Å². The number of rotatable bonds is 2. The standard InChI is InChI=1S/C10H15N5O4/c11-10-13-8-7(9(17)14-10)12-4-15(8)6-3-18-5(1-16)2-19-6/h5-6,12,16H,1-4H2,(H3,11,13,14,17). The average Bonchev–Trinajstić information content (AvgIpc) is 2.83. The molecule has 19 heavy (non-hydrogen) atoms. The van der Waals surface area contributed by atoms with E-state index in [0.717, 1.165) is 0 Å². The highest BCUT2D eigenvalue weighted by Gasteiger charge is 2.33. The summed E-state index contributed by atoms with van der Waals surface area (Å²) in [6, 6.07) is 0. The Morgan fingerprint density at radius 1 is 1.47 bits per heavy atom. The molecule has 2 aliphatic rings. The molecule has 3 rings (SSSR count). The lowest BCUT2D eigenvalue weighted by Crippen LogP contribution is -2.48. The first-order valence-electron chi connectivity index (χ1n) is 5.93. The van der Waals surface area contributed by atoms with Crippen LogP contribution in [0.4, 0.5) is 17.5 Å². The first kappa shape index (κ1) is 12.2. The van der Waals surface area contributed by atoms with E-state index in [9.17, 15) is 4.79 Å². The summed E-state index contributed by atoms with van der Waals surface area (Å²) in [5.41, 5.74) is 5.61. The SMILES string of the molecule is Nc1nc2c(c(=O)[nH]1)NCN2C1COC(CO)CO1. The van der Waals surface area contributed by atoms with E-state index in [1.165, 1.54) is 0 Å². The van der Waals surface area contributed by atoms with Gasteiger partial charge < -0.3 is 30.5 Å². The Hall–Kier alpha value is -1.84. The minimum atomic E-state index is -0.356. The van der Waals surface area contributed by atoms with E-state index in [1.54, 1.807) is 4.90 Å². The molecule has 0 radical (unpaired) electrons. The molecular weight excluding hydrogens is 254 g/mol. The van der Waals surface area contributed by atoms with Crippen molar-refractivity contribution in [3.63, 3.8) is 0 Å². The number of aliphatic hydroxyl groups excluding tert-OH is 1. The van der Waals surface area contributed by atoms with Crippen LogP contribution in [0.15, 0.2) is 4.79 Å². The summed E-state index contributed by atoms with van der Waals surface area (Å²) in [6.45, 7) is 0.908. The summed E-state index contributed by atoms with van der Waals surface area (Å²) in [7, 11) is 0. The highest BCUT2D eigenvalue weighted by molar-refractivity contribution is 5.70. The third kappa shape index (κ3) is 2.11. The fourth-order valence-corrected chi connectivity index (χ4v) is 2.14. The molecule has 1 fully saturated rings. The zero-order valence-corrected chi connectivity index (χ0v) is 10.1. The molecule has 104 valence electrons. The molecule has 9 heteroatoms. The second-order valence-electron chi connectivity index (χ2n) is 4.38. The number of hydrogen-bond acceptors (Lipinski definition) is 8. The molecule has 1 aromatic rings. The maximum atomic E-state index is 11.7. The third-order valence-corrected chi connectivity index (χ3v) is 3.12. The van der Waals surface area contributed by atoms with Crippen LogP contribution in [0.2, 0.25) is 0 Å². The van der Waals surface area contributed by atoms with Crippen LogP contribution in [-0.2, 0) is 9.47 Å². The topological polar surface area (TPSA) is 126 Å². The van der Waals surface area contributed by atoms with Crippen molar-refractivity contribution in [3.05, 3.63) is 10.4 Å². The molecule has 0 saturated carbocycles. The van der Waals surface area contributed by atoms with Crippen LogP contribution < -0.4 is 21.5 Å². The predicted molar refractivity (Wildman–Crippen MR) is 66.8 cm³/mol. The Morgan fingerprint density at radius 3 is 3.00 bits per heavy atom. The maximum Gasteiger partial charge on any atom is 0.277 e. The number of nitrogens with zero attached hydrogens (tertiary/aromatic N) is 2. The smallest absolute Gasteiger partial charge is 0.277 e. The zero-order chi connectivity index (χ0) is 13.4. The van der Waals surface area contributed by atoms with Crippen LogP contribution in [0.3, 0.4) is 0 Å². The number of anilines is 3. The lowest BCUT2D eigenvalue weighted by molar-refractivity contribution is -0.144. The number of aliphatic hydroxyl groups is 1. The van der Waals surface area contributed by atoms with Crippen LogP contribution in [0.1, 0.15) is 0 Å². The normalized spacial score (nSPS) is 26.1. The van der Waals surface area contributed by atoms with Gasteiger partial charge in [0.25, 0.3) is 5.56 Å². The highest BCUT2D eigenvalue weighted by atomic mass is 16.6. The van der Waals surface area contributed by atoms with E-state index in [1.807, 2.05) is 0 Å². The van der Waals surface area contributed by atoms with Crippen molar-refractivity contribution in [2.75, 3.05) is 42.4 Å². The zero-order valence-electron chi connectivity index (χ0n) is 10.1. The molecule has 1 saturated heterocycles. The Labute approximate surface area is 108 Å². The molecule has 2 unspecified atom stereocenters. The molecule has 0 aliphatic carbocycles. The number of H-pyrrole nitrogens is 1. The van der Waals surface area contributed by atoms with E-state index < -0.39 is 0 Å². The molecule has 1 aromatic heterocycles. The van der Waals surface area contributed by atoms with Crippen LogP contribution in [-0.4, -0.2) is 53.9 Å².